The zero-order valence-corrected chi connectivity index (χ0v) is 14.4. The van der Waals surface area contributed by atoms with Crippen LogP contribution in [0.1, 0.15) is 11.3 Å². The van der Waals surface area contributed by atoms with Crippen molar-refractivity contribution in [2.75, 3.05) is 5.32 Å². The lowest BCUT2D eigenvalue weighted by atomic mass is 9.95. The zero-order chi connectivity index (χ0) is 17.0. The van der Waals surface area contributed by atoms with E-state index in [1.807, 2.05) is 6.20 Å². The predicted octanol–water partition coefficient (Wildman–Crippen LogP) is 4.72. The van der Waals surface area contributed by atoms with Crippen LogP contribution in [-0.2, 0) is 12.8 Å². The van der Waals surface area contributed by atoms with Crippen LogP contribution in [0.2, 0.25) is 5.02 Å². The Kier molecular flexibility index (Phi) is 3.26. The van der Waals surface area contributed by atoms with Gasteiger partial charge in [0.15, 0.2) is 0 Å². The molecule has 2 N–H and O–H groups in total. The number of nitrogens with one attached hydrogen (secondary N) is 2. The van der Waals surface area contributed by atoms with Crippen LogP contribution in [-0.4, -0.2) is 20.2 Å². The molecule has 0 atom stereocenters. The molecule has 1 aliphatic rings. The van der Waals surface area contributed by atoms with Crippen LogP contribution in [0.15, 0.2) is 30.7 Å². The van der Waals surface area contributed by atoms with Gasteiger partial charge in [-0.1, -0.05) is 11.6 Å². The van der Waals surface area contributed by atoms with Crippen molar-refractivity contribution in [3.8, 4) is 10.4 Å². The molecule has 0 bridgehead atoms. The minimum atomic E-state index is -0.444. The molecule has 1 aromatic carbocycles. The number of nitrogens with zero attached hydrogens (tertiary/aromatic N) is 3. The molecule has 0 saturated heterocycles. The Bertz CT molecular complexity index is 1120. The molecule has 4 aromatic rings. The van der Waals surface area contributed by atoms with E-state index in [9.17, 15) is 4.39 Å². The van der Waals surface area contributed by atoms with Crippen LogP contribution in [0.3, 0.4) is 0 Å². The van der Waals surface area contributed by atoms with E-state index >= 15 is 0 Å². The monoisotopic (exact) mass is 371 g/mol. The Labute approximate surface area is 150 Å². The quantitative estimate of drug-likeness (QED) is 0.535. The second-order valence-corrected chi connectivity index (χ2v) is 7.23. The average Bonchev–Trinajstić information content (AvgIpc) is 3.22. The maximum Gasteiger partial charge on any atom is 0.142 e. The molecule has 3 heterocycles. The van der Waals surface area contributed by atoms with E-state index in [1.165, 1.54) is 22.8 Å². The Morgan fingerprint density at radius 3 is 3.04 bits per heavy atom. The molecule has 0 aliphatic heterocycles. The number of hydrogen-bond donors (Lipinski definition) is 2. The van der Waals surface area contributed by atoms with Crippen molar-refractivity contribution in [1.29, 1.82) is 0 Å². The van der Waals surface area contributed by atoms with Crippen molar-refractivity contribution in [3.05, 3.63) is 52.8 Å². The van der Waals surface area contributed by atoms with Gasteiger partial charge in [-0.3, -0.25) is 5.10 Å². The maximum atomic E-state index is 13.4. The summed E-state index contributed by atoms with van der Waals surface area (Å²) in [6, 6.07) is 4.53. The molecule has 0 saturated carbocycles. The first-order valence-electron chi connectivity index (χ1n) is 7.72. The number of H-pyrrole nitrogens is 1. The first-order chi connectivity index (χ1) is 12.2. The highest BCUT2D eigenvalue weighted by Crippen LogP contribution is 2.44. The average molecular weight is 372 g/mol. The fourth-order valence-electron chi connectivity index (χ4n) is 3.20. The summed E-state index contributed by atoms with van der Waals surface area (Å²) in [6.45, 7) is 0. The minimum absolute atomic E-state index is 0.0747. The van der Waals surface area contributed by atoms with Crippen LogP contribution >= 0.6 is 22.9 Å². The molecule has 1 aliphatic carbocycles. The molecule has 124 valence electrons. The van der Waals surface area contributed by atoms with Crippen molar-refractivity contribution < 1.29 is 4.39 Å². The van der Waals surface area contributed by atoms with Gasteiger partial charge in [-0.25, -0.2) is 14.4 Å². The van der Waals surface area contributed by atoms with E-state index in [-0.39, 0.29) is 5.02 Å². The molecule has 0 fully saturated rings. The normalized spacial score (nSPS) is 12.9. The lowest BCUT2D eigenvalue weighted by Crippen LogP contribution is -2.02. The van der Waals surface area contributed by atoms with Crippen molar-refractivity contribution >= 4 is 44.7 Å². The molecule has 5 rings (SSSR count). The molecule has 0 spiro atoms. The first-order valence-corrected chi connectivity index (χ1v) is 8.91. The summed E-state index contributed by atoms with van der Waals surface area (Å²) in [5.41, 5.74) is 4.21. The molecule has 0 unspecified atom stereocenters. The highest BCUT2D eigenvalue weighted by Gasteiger charge is 2.25. The fraction of sp³-hybridized carbons (Fsp3) is 0.118. The molecular weight excluding hydrogens is 361 g/mol. The van der Waals surface area contributed by atoms with Gasteiger partial charge < -0.3 is 5.32 Å². The molecule has 5 nitrogen and oxygen atoms in total. The number of thiophene rings is 1. The largest absolute Gasteiger partial charge is 0.340 e. The highest BCUT2D eigenvalue weighted by molar-refractivity contribution is 7.22. The number of rotatable bonds is 2. The maximum absolute atomic E-state index is 13.4. The van der Waals surface area contributed by atoms with Crippen molar-refractivity contribution in [3.63, 3.8) is 0 Å². The van der Waals surface area contributed by atoms with Gasteiger partial charge in [0.2, 0.25) is 0 Å². The van der Waals surface area contributed by atoms with Gasteiger partial charge in [-0.05, 0) is 36.6 Å². The minimum Gasteiger partial charge on any atom is -0.340 e. The van der Waals surface area contributed by atoms with Gasteiger partial charge in [0.05, 0.1) is 16.6 Å². The van der Waals surface area contributed by atoms with Gasteiger partial charge in [-0.15, -0.1) is 11.3 Å². The SMILES string of the molecule is Fc1ccc(Nc2ncnc3sc4c(c23)CCc2[nH]ncc2-4)cc1Cl. The Morgan fingerprint density at radius 2 is 2.16 bits per heavy atom. The van der Waals surface area contributed by atoms with Gasteiger partial charge >= 0.3 is 0 Å². The second kappa shape index (κ2) is 5.50. The lowest BCUT2D eigenvalue weighted by molar-refractivity contribution is 0.628. The summed E-state index contributed by atoms with van der Waals surface area (Å²) in [6.07, 6.45) is 5.21. The van der Waals surface area contributed by atoms with E-state index in [2.05, 4.69) is 25.5 Å². The molecule has 3 aromatic heterocycles. The summed E-state index contributed by atoms with van der Waals surface area (Å²) < 4.78 is 13.4. The van der Waals surface area contributed by atoms with Crippen LogP contribution in [0.25, 0.3) is 20.7 Å². The molecule has 8 heteroatoms. The standard InChI is InChI=1S/C17H11ClFN5S/c18-11-5-8(1-3-12(11)19)23-16-14-9-2-4-13-10(6-22-24-13)15(9)25-17(14)21-7-20-16/h1,3,5-7H,2,4H2,(H,22,24)(H,20,21,23). The van der Waals surface area contributed by atoms with Crippen LogP contribution < -0.4 is 5.32 Å². The molecule has 0 amide bonds. The molecule has 0 radical (unpaired) electrons. The van der Waals surface area contributed by atoms with E-state index in [4.69, 9.17) is 11.6 Å². The summed E-state index contributed by atoms with van der Waals surface area (Å²) in [4.78, 5) is 10.9. The highest BCUT2D eigenvalue weighted by atomic mass is 35.5. The van der Waals surface area contributed by atoms with Crippen LogP contribution in [0, 0.1) is 5.82 Å². The number of benzene rings is 1. The van der Waals surface area contributed by atoms with Gasteiger partial charge in [-0.2, -0.15) is 5.10 Å². The van der Waals surface area contributed by atoms with Crippen molar-refractivity contribution in [1.82, 2.24) is 20.2 Å². The Morgan fingerprint density at radius 1 is 1.24 bits per heavy atom. The number of aromatic amines is 1. The third-order valence-electron chi connectivity index (χ3n) is 4.36. The summed E-state index contributed by atoms with van der Waals surface area (Å²) in [7, 11) is 0. The smallest absolute Gasteiger partial charge is 0.142 e. The number of hydrogen-bond acceptors (Lipinski definition) is 5. The number of fused-ring (bicyclic) bond motifs is 5. The van der Waals surface area contributed by atoms with Crippen molar-refractivity contribution in [2.24, 2.45) is 0 Å². The number of halogens is 2. The Hall–Kier alpha value is -2.51. The lowest BCUT2D eigenvalue weighted by Gasteiger charge is -2.13. The number of aryl methyl sites for hydroxylation is 2. The second-order valence-electron chi connectivity index (χ2n) is 5.83. The van der Waals surface area contributed by atoms with Crippen LogP contribution in [0.5, 0.6) is 0 Å². The van der Waals surface area contributed by atoms with Gasteiger partial charge in [0, 0.05) is 21.8 Å². The third kappa shape index (κ3) is 2.31. The summed E-state index contributed by atoms with van der Waals surface area (Å²) in [5, 5.41) is 11.6. The van der Waals surface area contributed by atoms with E-state index < -0.39 is 5.82 Å². The number of aromatic nitrogens is 4. The Balaban J connectivity index is 1.66. The first kappa shape index (κ1) is 14.8. The number of anilines is 2. The van der Waals surface area contributed by atoms with E-state index in [0.29, 0.717) is 11.5 Å². The topological polar surface area (TPSA) is 66.5 Å². The summed E-state index contributed by atoms with van der Waals surface area (Å²) in [5.74, 6) is 0.262. The van der Waals surface area contributed by atoms with Crippen LogP contribution in [0.4, 0.5) is 15.9 Å². The fourth-order valence-corrected chi connectivity index (χ4v) is 4.61. The summed E-state index contributed by atoms with van der Waals surface area (Å²) >= 11 is 7.52. The zero-order valence-electron chi connectivity index (χ0n) is 12.8. The third-order valence-corrected chi connectivity index (χ3v) is 5.82. The van der Waals surface area contributed by atoms with Gasteiger partial charge in [0.25, 0.3) is 0 Å². The van der Waals surface area contributed by atoms with E-state index in [0.717, 1.165) is 34.3 Å². The molecular formula is C17H11ClFN5S. The van der Waals surface area contributed by atoms with Gasteiger partial charge in [0.1, 0.15) is 22.8 Å². The van der Waals surface area contributed by atoms with Crippen molar-refractivity contribution in [2.45, 2.75) is 12.8 Å². The van der Waals surface area contributed by atoms with E-state index in [1.54, 1.807) is 23.5 Å². The molecule has 25 heavy (non-hydrogen) atoms. The predicted molar refractivity (Wildman–Crippen MR) is 97.1 cm³/mol.